The zero-order chi connectivity index (χ0) is 14.7. The fourth-order valence-electron chi connectivity index (χ4n) is 1.92. The van der Waals surface area contributed by atoms with E-state index < -0.39 is 11.4 Å². The Balaban J connectivity index is 2.57. The Morgan fingerprint density at radius 3 is 2.45 bits per heavy atom. The molecule has 0 saturated heterocycles. The van der Waals surface area contributed by atoms with Crippen molar-refractivity contribution in [3.05, 3.63) is 68.9 Å². The van der Waals surface area contributed by atoms with E-state index in [9.17, 15) is 9.18 Å². The smallest absolute Gasteiger partial charge is 0.268 e. The number of hydrogen-bond acceptors (Lipinski definition) is 3. The van der Waals surface area contributed by atoms with E-state index in [1.807, 2.05) is 12.1 Å². The maximum atomic E-state index is 13.3. The van der Waals surface area contributed by atoms with Gasteiger partial charge in [0.25, 0.3) is 5.56 Å². The van der Waals surface area contributed by atoms with E-state index in [4.69, 9.17) is 10.5 Å². The van der Waals surface area contributed by atoms with Crippen LogP contribution in [0.4, 0.5) is 4.39 Å². The van der Waals surface area contributed by atoms with Crippen molar-refractivity contribution < 1.29 is 4.39 Å². The van der Waals surface area contributed by atoms with E-state index in [1.54, 1.807) is 13.0 Å². The van der Waals surface area contributed by atoms with Gasteiger partial charge in [0.05, 0.1) is 18.2 Å². The molecule has 5 heteroatoms. The Morgan fingerprint density at radius 2 is 1.80 bits per heavy atom. The maximum absolute atomic E-state index is 13.3. The molecule has 0 aliphatic carbocycles. The first kappa shape index (κ1) is 13.5. The Hall–Kier alpha value is -2.92. The van der Waals surface area contributed by atoms with Crippen molar-refractivity contribution in [3.63, 3.8) is 0 Å². The molecule has 0 saturated carbocycles. The second kappa shape index (κ2) is 5.38. The summed E-state index contributed by atoms with van der Waals surface area (Å²) in [6.45, 7) is 1.77. The van der Waals surface area contributed by atoms with Gasteiger partial charge in [-0.15, -0.1) is 0 Å². The molecule has 0 N–H and O–H groups in total. The summed E-state index contributed by atoms with van der Waals surface area (Å²) in [5.74, 6) is -0.471. The van der Waals surface area contributed by atoms with Gasteiger partial charge in [-0.2, -0.15) is 10.5 Å². The van der Waals surface area contributed by atoms with Gasteiger partial charge in [-0.25, -0.2) is 4.39 Å². The number of nitrogens with zero attached hydrogens (tertiary/aromatic N) is 3. The molecular weight excluding hydrogens is 257 g/mol. The van der Waals surface area contributed by atoms with Crippen LogP contribution in [-0.2, 0) is 6.54 Å². The van der Waals surface area contributed by atoms with Gasteiger partial charge in [0.2, 0.25) is 0 Å². The number of nitriles is 2. The molecule has 0 aliphatic heterocycles. The largest absolute Gasteiger partial charge is 0.307 e. The molecule has 1 aromatic carbocycles. The first-order valence-corrected chi connectivity index (χ1v) is 5.86. The summed E-state index contributed by atoms with van der Waals surface area (Å²) in [7, 11) is 0. The number of aromatic nitrogens is 1. The van der Waals surface area contributed by atoms with Crippen LogP contribution in [0.2, 0.25) is 0 Å². The van der Waals surface area contributed by atoms with Gasteiger partial charge in [0, 0.05) is 5.69 Å². The lowest BCUT2D eigenvalue weighted by molar-refractivity contribution is 0.621. The quantitative estimate of drug-likeness (QED) is 0.836. The zero-order valence-corrected chi connectivity index (χ0v) is 10.7. The predicted molar refractivity (Wildman–Crippen MR) is 70.4 cm³/mol. The first-order chi connectivity index (χ1) is 9.56. The van der Waals surface area contributed by atoms with Crippen molar-refractivity contribution in [2.75, 3.05) is 0 Å². The Bertz CT molecular complexity index is 809. The van der Waals surface area contributed by atoms with E-state index >= 15 is 0 Å². The highest BCUT2D eigenvalue weighted by molar-refractivity contribution is 5.38. The lowest BCUT2D eigenvalue weighted by Crippen LogP contribution is -2.25. The summed E-state index contributed by atoms with van der Waals surface area (Å²) in [5.41, 5.74) is 0.932. The molecule has 2 aromatic rings. The van der Waals surface area contributed by atoms with Crippen LogP contribution in [0.1, 0.15) is 22.4 Å². The normalized spacial score (nSPS) is 9.80. The Morgan fingerprint density at radius 1 is 1.15 bits per heavy atom. The van der Waals surface area contributed by atoms with Crippen LogP contribution in [0.15, 0.2) is 35.1 Å². The van der Waals surface area contributed by atoms with E-state index in [0.717, 1.165) is 0 Å². The van der Waals surface area contributed by atoms with Gasteiger partial charge in [0.1, 0.15) is 17.4 Å². The highest BCUT2D eigenvalue weighted by Crippen LogP contribution is 2.12. The Labute approximate surface area is 114 Å². The molecule has 0 aliphatic rings. The second-order valence-corrected chi connectivity index (χ2v) is 4.30. The topological polar surface area (TPSA) is 69.6 Å². The minimum atomic E-state index is -0.471. The molecule has 0 unspecified atom stereocenters. The van der Waals surface area contributed by atoms with E-state index in [2.05, 4.69) is 0 Å². The average molecular weight is 267 g/mol. The van der Waals surface area contributed by atoms with Crippen molar-refractivity contribution >= 4 is 0 Å². The second-order valence-electron chi connectivity index (χ2n) is 4.30. The van der Waals surface area contributed by atoms with Gasteiger partial charge in [-0.1, -0.05) is 0 Å². The monoisotopic (exact) mass is 267 g/mol. The summed E-state index contributed by atoms with van der Waals surface area (Å²) >= 11 is 0. The maximum Gasteiger partial charge on any atom is 0.268 e. The van der Waals surface area contributed by atoms with Gasteiger partial charge in [-0.05, 0) is 42.8 Å². The molecule has 0 atom stereocenters. The van der Waals surface area contributed by atoms with Crippen LogP contribution < -0.4 is 5.56 Å². The molecule has 1 aromatic heterocycles. The van der Waals surface area contributed by atoms with Gasteiger partial charge >= 0.3 is 0 Å². The molecule has 0 spiro atoms. The standard InChI is InChI=1S/C15H10FN3O/c1-10-2-3-12(8-18)15(20)19(10)9-13-6-14(16)5-4-11(13)7-17/h2-6H,9H2,1H3. The SMILES string of the molecule is Cc1ccc(C#N)c(=O)n1Cc1cc(F)ccc1C#N. The number of hydrogen-bond donors (Lipinski definition) is 0. The molecule has 0 bridgehead atoms. The third-order valence-corrected chi connectivity index (χ3v) is 3.03. The lowest BCUT2D eigenvalue weighted by atomic mass is 10.1. The summed E-state index contributed by atoms with van der Waals surface area (Å²) in [4.78, 5) is 12.1. The summed E-state index contributed by atoms with van der Waals surface area (Å²) < 4.78 is 14.6. The number of aryl methyl sites for hydroxylation is 1. The van der Waals surface area contributed by atoms with Crippen molar-refractivity contribution in [1.29, 1.82) is 10.5 Å². The average Bonchev–Trinajstić information content (AvgIpc) is 2.44. The summed E-state index contributed by atoms with van der Waals surface area (Å²) in [6, 6.07) is 10.7. The van der Waals surface area contributed by atoms with Crippen LogP contribution in [0, 0.1) is 35.4 Å². The third kappa shape index (κ3) is 2.43. The molecular formula is C15H10FN3O. The molecule has 1 heterocycles. The van der Waals surface area contributed by atoms with Gasteiger partial charge < -0.3 is 4.57 Å². The Kier molecular flexibility index (Phi) is 3.63. The van der Waals surface area contributed by atoms with Crippen molar-refractivity contribution in [1.82, 2.24) is 4.57 Å². The minimum Gasteiger partial charge on any atom is -0.307 e. The highest BCUT2D eigenvalue weighted by Gasteiger charge is 2.10. The third-order valence-electron chi connectivity index (χ3n) is 3.03. The molecule has 0 amide bonds. The number of benzene rings is 1. The first-order valence-electron chi connectivity index (χ1n) is 5.86. The van der Waals surface area contributed by atoms with Crippen molar-refractivity contribution in [2.24, 2.45) is 0 Å². The minimum absolute atomic E-state index is 0.0190. The van der Waals surface area contributed by atoms with Gasteiger partial charge in [-0.3, -0.25) is 4.79 Å². The molecule has 20 heavy (non-hydrogen) atoms. The lowest BCUT2D eigenvalue weighted by Gasteiger charge is -2.11. The molecule has 2 rings (SSSR count). The van der Waals surface area contributed by atoms with Crippen molar-refractivity contribution in [3.8, 4) is 12.1 Å². The number of pyridine rings is 1. The number of rotatable bonds is 2. The zero-order valence-electron chi connectivity index (χ0n) is 10.7. The summed E-state index contributed by atoms with van der Waals surface area (Å²) in [6.07, 6.45) is 0. The molecule has 0 fully saturated rings. The van der Waals surface area contributed by atoms with Crippen LogP contribution >= 0.6 is 0 Å². The van der Waals surface area contributed by atoms with E-state index in [-0.39, 0.29) is 12.1 Å². The van der Waals surface area contributed by atoms with Crippen LogP contribution in [-0.4, -0.2) is 4.57 Å². The van der Waals surface area contributed by atoms with Gasteiger partial charge in [0.15, 0.2) is 0 Å². The van der Waals surface area contributed by atoms with Crippen LogP contribution in [0.25, 0.3) is 0 Å². The van der Waals surface area contributed by atoms with E-state index in [0.29, 0.717) is 16.8 Å². The fourth-order valence-corrected chi connectivity index (χ4v) is 1.92. The summed E-state index contributed by atoms with van der Waals surface area (Å²) in [5, 5.41) is 17.9. The van der Waals surface area contributed by atoms with E-state index in [1.165, 1.54) is 28.8 Å². The van der Waals surface area contributed by atoms with Crippen molar-refractivity contribution in [2.45, 2.75) is 13.5 Å². The molecule has 4 nitrogen and oxygen atoms in total. The molecule has 98 valence electrons. The fraction of sp³-hybridized carbons (Fsp3) is 0.133. The highest BCUT2D eigenvalue weighted by atomic mass is 19.1. The van der Waals surface area contributed by atoms with Crippen LogP contribution in [0.5, 0.6) is 0 Å². The van der Waals surface area contributed by atoms with Crippen LogP contribution in [0.3, 0.4) is 0 Å². The molecule has 0 radical (unpaired) electrons. The predicted octanol–water partition coefficient (Wildman–Crippen LogP) is 2.09. The number of halogens is 1.